The molecule has 0 bridgehead atoms. The lowest BCUT2D eigenvalue weighted by Gasteiger charge is -2.18. The zero-order valence-corrected chi connectivity index (χ0v) is 13.3. The lowest BCUT2D eigenvalue weighted by molar-refractivity contribution is 0.308. The lowest BCUT2D eigenvalue weighted by Crippen LogP contribution is -2.12. The van der Waals surface area contributed by atoms with Gasteiger partial charge in [-0.15, -0.1) is 4.91 Å². The van der Waals surface area contributed by atoms with Gasteiger partial charge in [-0.25, -0.2) is 9.67 Å². The molecule has 0 spiro atoms. The molecule has 0 radical (unpaired) electrons. The molecule has 1 aromatic carbocycles. The van der Waals surface area contributed by atoms with E-state index in [0.29, 0.717) is 6.61 Å². The predicted octanol–water partition coefficient (Wildman–Crippen LogP) is 3.89. The molecule has 6 nitrogen and oxygen atoms in total. The fourth-order valence-electron chi connectivity index (χ4n) is 2.30. The fraction of sp³-hybridized carbons (Fsp3) is 0.500. The highest BCUT2D eigenvalue weighted by molar-refractivity contribution is 5.39. The van der Waals surface area contributed by atoms with Crippen molar-refractivity contribution in [2.45, 2.75) is 45.7 Å². The lowest BCUT2D eigenvalue weighted by atomic mass is 9.95. The van der Waals surface area contributed by atoms with Crippen molar-refractivity contribution < 1.29 is 4.74 Å². The summed E-state index contributed by atoms with van der Waals surface area (Å²) in [5.41, 5.74) is 1.87. The summed E-state index contributed by atoms with van der Waals surface area (Å²) in [6, 6.07) is 5.76. The van der Waals surface area contributed by atoms with E-state index in [1.807, 2.05) is 18.2 Å². The maximum absolute atomic E-state index is 11.3. The molecule has 6 heteroatoms. The van der Waals surface area contributed by atoms with Crippen LogP contribution in [0.2, 0.25) is 0 Å². The van der Waals surface area contributed by atoms with Crippen LogP contribution in [0.3, 0.4) is 0 Å². The van der Waals surface area contributed by atoms with Gasteiger partial charge in [0.1, 0.15) is 18.4 Å². The highest BCUT2D eigenvalue weighted by atomic mass is 16.5. The van der Waals surface area contributed by atoms with Crippen LogP contribution in [0.4, 0.5) is 0 Å². The average molecular weight is 302 g/mol. The van der Waals surface area contributed by atoms with Gasteiger partial charge in [0.2, 0.25) is 6.17 Å². The number of nitroso groups, excluding NO2 is 1. The normalized spacial score (nSPS) is 12.4. The number of aromatic nitrogens is 3. The Hall–Kier alpha value is -2.24. The van der Waals surface area contributed by atoms with Crippen LogP contribution in [0.25, 0.3) is 0 Å². The molecule has 0 aliphatic carbocycles. The van der Waals surface area contributed by atoms with E-state index in [1.54, 1.807) is 0 Å². The maximum Gasteiger partial charge on any atom is 0.210 e. The number of nitrogens with zero attached hydrogens (tertiary/aromatic N) is 4. The maximum atomic E-state index is 11.3. The molecule has 0 aliphatic heterocycles. The Morgan fingerprint density at radius 2 is 2.14 bits per heavy atom. The number of hydrogen-bond donors (Lipinski definition) is 0. The van der Waals surface area contributed by atoms with Gasteiger partial charge in [-0.2, -0.15) is 5.10 Å². The van der Waals surface area contributed by atoms with Crippen molar-refractivity contribution in [1.82, 2.24) is 14.8 Å². The summed E-state index contributed by atoms with van der Waals surface area (Å²) in [7, 11) is 0. The molecule has 0 saturated heterocycles. The van der Waals surface area contributed by atoms with Gasteiger partial charge in [-0.05, 0) is 35.2 Å². The highest BCUT2D eigenvalue weighted by Gasteiger charge is 2.20. The SMILES string of the molecule is CCCCOc1ccc(C(N=O)n2cncn2)c(C(C)C)c1. The van der Waals surface area contributed by atoms with E-state index in [2.05, 4.69) is 36.0 Å². The molecule has 2 aromatic rings. The first-order valence-corrected chi connectivity index (χ1v) is 7.60. The van der Waals surface area contributed by atoms with Gasteiger partial charge in [0, 0.05) is 5.56 Å². The molecule has 0 fully saturated rings. The fourth-order valence-corrected chi connectivity index (χ4v) is 2.30. The summed E-state index contributed by atoms with van der Waals surface area (Å²) >= 11 is 0. The molecule has 0 amide bonds. The summed E-state index contributed by atoms with van der Waals surface area (Å²) in [5.74, 6) is 1.07. The van der Waals surface area contributed by atoms with Gasteiger partial charge in [0.25, 0.3) is 0 Å². The molecule has 0 aliphatic rings. The summed E-state index contributed by atoms with van der Waals surface area (Å²) in [6.07, 6.45) is 4.32. The van der Waals surface area contributed by atoms with E-state index >= 15 is 0 Å². The largest absolute Gasteiger partial charge is 0.494 e. The molecular weight excluding hydrogens is 280 g/mol. The second kappa shape index (κ2) is 7.68. The monoisotopic (exact) mass is 302 g/mol. The third kappa shape index (κ3) is 3.69. The Balaban J connectivity index is 2.32. The van der Waals surface area contributed by atoms with E-state index in [9.17, 15) is 4.91 Å². The van der Waals surface area contributed by atoms with Gasteiger partial charge in [0.05, 0.1) is 6.61 Å². The van der Waals surface area contributed by atoms with Gasteiger partial charge in [-0.1, -0.05) is 33.3 Å². The molecule has 1 heterocycles. The Bertz CT molecular complexity index is 596. The minimum Gasteiger partial charge on any atom is -0.494 e. The summed E-state index contributed by atoms with van der Waals surface area (Å²) in [4.78, 5) is 15.2. The zero-order chi connectivity index (χ0) is 15.9. The van der Waals surface area contributed by atoms with E-state index in [0.717, 1.165) is 29.7 Å². The molecule has 1 unspecified atom stereocenters. The highest BCUT2D eigenvalue weighted by Crippen LogP contribution is 2.31. The zero-order valence-electron chi connectivity index (χ0n) is 13.3. The summed E-state index contributed by atoms with van der Waals surface area (Å²) in [5, 5.41) is 7.25. The predicted molar refractivity (Wildman–Crippen MR) is 84.9 cm³/mol. The van der Waals surface area contributed by atoms with Crippen LogP contribution >= 0.6 is 0 Å². The van der Waals surface area contributed by atoms with Crippen molar-refractivity contribution in [3.8, 4) is 5.75 Å². The second-order valence-corrected chi connectivity index (χ2v) is 5.50. The molecule has 1 atom stereocenters. The van der Waals surface area contributed by atoms with Crippen LogP contribution in [0, 0.1) is 4.91 Å². The smallest absolute Gasteiger partial charge is 0.210 e. The number of benzene rings is 1. The van der Waals surface area contributed by atoms with Crippen LogP contribution in [0.1, 0.15) is 56.8 Å². The molecule has 0 N–H and O–H groups in total. The van der Waals surface area contributed by atoms with Crippen LogP contribution < -0.4 is 4.74 Å². The second-order valence-electron chi connectivity index (χ2n) is 5.50. The molecular formula is C16H22N4O2. The van der Waals surface area contributed by atoms with Gasteiger partial charge >= 0.3 is 0 Å². The van der Waals surface area contributed by atoms with Crippen molar-refractivity contribution in [3.05, 3.63) is 46.9 Å². The Morgan fingerprint density at radius 3 is 2.73 bits per heavy atom. The van der Waals surface area contributed by atoms with Crippen molar-refractivity contribution in [1.29, 1.82) is 0 Å². The first kappa shape index (κ1) is 16.1. The van der Waals surface area contributed by atoms with Crippen molar-refractivity contribution in [2.24, 2.45) is 5.18 Å². The van der Waals surface area contributed by atoms with Gasteiger partial charge < -0.3 is 4.74 Å². The number of hydrogen-bond acceptors (Lipinski definition) is 5. The van der Waals surface area contributed by atoms with E-state index < -0.39 is 6.17 Å². The molecule has 22 heavy (non-hydrogen) atoms. The van der Waals surface area contributed by atoms with Crippen molar-refractivity contribution >= 4 is 0 Å². The van der Waals surface area contributed by atoms with Crippen LogP contribution in [0.15, 0.2) is 36.0 Å². The summed E-state index contributed by atoms with van der Waals surface area (Å²) in [6.45, 7) is 6.99. The van der Waals surface area contributed by atoms with Crippen molar-refractivity contribution in [3.63, 3.8) is 0 Å². The molecule has 1 aromatic heterocycles. The standard InChI is InChI=1S/C16H22N4O2/c1-4-5-8-22-13-6-7-14(15(9-13)12(2)3)16(19-21)20-11-17-10-18-20/h6-7,9-12,16H,4-5,8H2,1-3H3. The Kier molecular flexibility index (Phi) is 5.63. The summed E-state index contributed by atoms with van der Waals surface area (Å²) < 4.78 is 7.22. The third-order valence-corrected chi connectivity index (χ3v) is 3.51. The Morgan fingerprint density at radius 1 is 1.32 bits per heavy atom. The first-order chi connectivity index (χ1) is 10.7. The van der Waals surface area contributed by atoms with Gasteiger partial charge in [0.15, 0.2) is 0 Å². The third-order valence-electron chi connectivity index (χ3n) is 3.51. The van der Waals surface area contributed by atoms with E-state index in [4.69, 9.17) is 4.74 Å². The Labute approximate surface area is 130 Å². The van der Waals surface area contributed by atoms with Crippen LogP contribution in [0.5, 0.6) is 5.75 Å². The van der Waals surface area contributed by atoms with Gasteiger partial charge in [-0.3, -0.25) is 0 Å². The first-order valence-electron chi connectivity index (χ1n) is 7.60. The van der Waals surface area contributed by atoms with Crippen LogP contribution in [-0.4, -0.2) is 21.4 Å². The van der Waals surface area contributed by atoms with E-state index in [1.165, 1.54) is 17.3 Å². The minimum absolute atomic E-state index is 0.248. The average Bonchev–Trinajstić information content (AvgIpc) is 3.03. The number of rotatable bonds is 8. The van der Waals surface area contributed by atoms with Crippen LogP contribution in [-0.2, 0) is 0 Å². The van der Waals surface area contributed by atoms with E-state index in [-0.39, 0.29) is 5.92 Å². The number of unbranched alkanes of at least 4 members (excludes halogenated alkanes) is 1. The van der Waals surface area contributed by atoms with Crippen molar-refractivity contribution in [2.75, 3.05) is 6.61 Å². The topological polar surface area (TPSA) is 69.4 Å². The quantitative estimate of drug-likeness (QED) is 0.548. The molecule has 2 rings (SSSR count). The molecule has 118 valence electrons. The molecule has 0 saturated carbocycles. The minimum atomic E-state index is -0.704. The number of ether oxygens (including phenoxy) is 1.